The molecule has 5 rings (SSSR count). The molecule has 0 saturated heterocycles. The third-order valence-corrected chi connectivity index (χ3v) is 8.61. The van der Waals surface area contributed by atoms with Crippen molar-refractivity contribution in [3.8, 4) is 0 Å². The number of benzene rings is 5. The van der Waals surface area contributed by atoms with E-state index in [2.05, 4.69) is 167 Å². The Hall–Kier alpha value is -3.98. The minimum atomic E-state index is -0.194. The van der Waals surface area contributed by atoms with Gasteiger partial charge in [0.15, 0.2) is 0 Å². The van der Waals surface area contributed by atoms with Gasteiger partial charge in [-0.25, -0.2) is 0 Å². The molecule has 0 aliphatic rings. The Kier molecular flexibility index (Phi) is 7.76. The lowest BCUT2D eigenvalue weighted by atomic mass is 9.90. The number of nitrogens with zero attached hydrogens (tertiary/aromatic N) is 2. The summed E-state index contributed by atoms with van der Waals surface area (Å²) in [5.74, 6) is 0. The average Bonchev–Trinajstić information content (AvgIpc) is 2.96. The molecule has 0 saturated carbocycles. The second kappa shape index (κ2) is 11.3. The second-order valence-corrected chi connectivity index (χ2v) is 12.0. The molecule has 40 heavy (non-hydrogen) atoms. The van der Waals surface area contributed by atoms with Crippen molar-refractivity contribution in [2.24, 2.45) is 0 Å². The maximum atomic E-state index is 3.81. The van der Waals surface area contributed by atoms with Gasteiger partial charge >= 0.3 is 0 Å². The fourth-order valence-corrected chi connectivity index (χ4v) is 5.65. The first kappa shape index (κ1) is 27.6. The smallest absolute Gasteiger partial charge is 0.0595 e. The molecular formula is C37H43N3. The lowest BCUT2D eigenvalue weighted by Crippen LogP contribution is -2.39. The topological polar surface area (TPSA) is 18.5 Å². The lowest BCUT2D eigenvalue weighted by molar-refractivity contribution is 0.514. The summed E-state index contributed by atoms with van der Waals surface area (Å²) >= 11 is 0. The maximum Gasteiger partial charge on any atom is 0.0595 e. The first-order valence-electron chi connectivity index (χ1n) is 14.5. The number of rotatable bonds is 9. The molecule has 5 aromatic rings. The third kappa shape index (κ3) is 5.51. The molecule has 1 unspecified atom stereocenters. The number of nitrogens with one attached hydrogen (secondary N) is 1. The largest absolute Gasteiger partial charge is 0.382 e. The van der Waals surface area contributed by atoms with Crippen molar-refractivity contribution in [2.75, 3.05) is 29.2 Å². The standard InChI is InChI=1S/C37H43N3/c1-26(2)39(6)32-18-13-17-31(25-32)37(4,5)40(7)33-23-29-15-9-10-19-34(29)30(24-33)22-27(3)38-36-21-12-16-28-14-8-11-20-35(28)36/h8-21,23-27,38H,22H2,1-7H3. The van der Waals surface area contributed by atoms with Crippen LogP contribution < -0.4 is 15.1 Å². The predicted molar refractivity (Wildman–Crippen MR) is 176 cm³/mol. The molecule has 3 nitrogen and oxygen atoms in total. The highest BCUT2D eigenvalue weighted by Gasteiger charge is 2.27. The molecule has 0 aliphatic heterocycles. The Morgan fingerprint density at radius 1 is 0.675 bits per heavy atom. The van der Waals surface area contributed by atoms with Crippen molar-refractivity contribution in [1.29, 1.82) is 0 Å². The Balaban J connectivity index is 1.46. The zero-order valence-corrected chi connectivity index (χ0v) is 25.1. The Morgan fingerprint density at radius 2 is 1.32 bits per heavy atom. The Bertz CT molecular complexity index is 1610. The van der Waals surface area contributed by atoms with E-state index >= 15 is 0 Å². The van der Waals surface area contributed by atoms with Crippen molar-refractivity contribution in [3.05, 3.63) is 114 Å². The van der Waals surface area contributed by atoms with Crippen molar-refractivity contribution >= 4 is 38.6 Å². The molecular weight excluding hydrogens is 486 g/mol. The molecule has 0 aliphatic carbocycles. The van der Waals surface area contributed by atoms with Crippen molar-refractivity contribution in [3.63, 3.8) is 0 Å². The molecule has 0 heterocycles. The van der Waals surface area contributed by atoms with Crippen LogP contribution in [0.1, 0.15) is 45.7 Å². The number of hydrogen-bond donors (Lipinski definition) is 1. The highest BCUT2D eigenvalue weighted by Crippen LogP contribution is 2.36. The molecule has 0 radical (unpaired) electrons. The van der Waals surface area contributed by atoms with E-state index in [-0.39, 0.29) is 11.6 Å². The predicted octanol–water partition coefficient (Wildman–Crippen LogP) is 9.25. The summed E-state index contributed by atoms with van der Waals surface area (Å²) in [6, 6.07) is 38.3. The van der Waals surface area contributed by atoms with Gasteiger partial charge in [0.05, 0.1) is 5.54 Å². The van der Waals surface area contributed by atoms with Gasteiger partial charge in [-0.15, -0.1) is 0 Å². The third-order valence-electron chi connectivity index (χ3n) is 8.61. The second-order valence-electron chi connectivity index (χ2n) is 12.0. The lowest BCUT2D eigenvalue weighted by Gasteiger charge is -2.39. The van der Waals surface area contributed by atoms with Gasteiger partial charge < -0.3 is 15.1 Å². The van der Waals surface area contributed by atoms with Gasteiger partial charge in [0.25, 0.3) is 0 Å². The molecule has 1 N–H and O–H groups in total. The molecule has 0 bridgehead atoms. The fraction of sp³-hybridized carbons (Fsp3) is 0.297. The first-order valence-corrected chi connectivity index (χ1v) is 14.5. The van der Waals surface area contributed by atoms with E-state index in [1.54, 1.807) is 0 Å². The molecule has 206 valence electrons. The van der Waals surface area contributed by atoms with E-state index in [9.17, 15) is 0 Å². The maximum absolute atomic E-state index is 3.81. The summed E-state index contributed by atoms with van der Waals surface area (Å²) in [6.07, 6.45) is 0.931. The van der Waals surface area contributed by atoms with E-state index in [0.29, 0.717) is 6.04 Å². The van der Waals surface area contributed by atoms with Crippen LogP contribution in [-0.4, -0.2) is 26.2 Å². The Morgan fingerprint density at radius 3 is 2.08 bits per heavy atom. The SMILES string of the molecule is CC(Cc1cc(N(C)C(C)(C)c2cccc(N(C)C(C)C)c2)cc2ccccc12)Nc1cccc2ccccc12. The summed E-state index contributed by atoms with van der Waals surface area (Å²) in [5.41, 5.74) is 6.15. The van der Waals surface area contributed by atoms with Gasteiger partial charge in [-0.3, -0.25) is 0 Å². The van der Waals surface area contributed by atoms with Crippen LogP contribution in [0, 0.1) is 0 Å². The zero-order valence-electron chi connectivity index (χ0n) is 25.1. The summed E-state index contributed by atoms with van der Waals surface area (Å²) in [4.78, 5) is 4.76. The normalized spacial score (nSPS) is 12.6. The quantitative estimate of drug-likeness (QED) is 0.205. The molecule has 0 spiro atoms. The van der Waals surface area contributed by atoms with Gasteiger partial charge in [0.2, 0.25) is 0 Å². The van der Waals surface area contributed by atoms with Gasteiger partial charge in [-0.1, -0.05) is 72.8 Å². The molecule has 1 atom stereocenters. The van der Waals surface area contributed by atoms with Gasteiger partial charge in [-0.05, 0) is 98.7 Å². The molecule has 0 amide bonds. The molecule has 0 fully saturated rings. The number of anilines is 3. The van der Waals surface area contributed by atoms with Crippen molar-refractivity contribution < 1.29 is 0 Å². The van der Waals surface area contributed by atoms with Crippen LogP contribution in [0.15, 0.2) is 103 Å². The van der Waals surface area contributed by atoms with Crippen LogP contribution in [0.5, 0.6) is 0 Å². The number of hydrogen-bond acceptors (Lipinski definition) is 3. The summed E-state index contributed by atoms with van der Waals surface area (Å²) in [7, 11) is 4.40. The zero-order chi connectivity index (χ0) is 28.4. The van der Waals surface area contributed by atoms with Gasteiger partial charge in [0.1, 0.15) is 0 Å². The summed E-state index contributed by atoms with van der Waals surface area (Å²) in [6.45, 7) is 11.4. The number of fused-ring (bicyclic) bond motifs is 2. The van der Waals surface area contributed by atoms with Crippen LogP contribution in [0.4, 0.5) is 17.1 Å². The monoisotopic (exact) mass is 529 g/mol. The minimum Gasteiger partial charge on any atom is -0.382 e. The summed E-state index contributed by atoms with van der Waals surface area (Å²) in [5, 5.41) is 8.94. The van der Waals surface area contributed by atoms with E-state index < -0.39 is 0 Å². The van der Waals surface area contributed by atoms with Crippen LogP contribution >= 0.6 is 0 Å². The summed E-state index contributed by atoms with van der Waals surface area (Å²) < 4.78 is 0. The average molecular weight is 530 g/mol. The van der Waals surface area contributed by atoms with Gasteiger partial charge in [0, 0.05) is 48.6 Å². The van der Waals surface area contributed by atoms with E-state index in [1.807, 2.05) is 0 Å². The van der Waals surface area contributed by atoms with Crippen LogP contribution in [0.3, 0.4) is 0 Å². The minimum absolute atomic E-state index is 0.194. The fourth-order valence-electron chi connectivity index (χ4n) is 5.65. The van der Waals surface area contributed by atoms with E-state index in [0.717, 1.165) is 6.42 Å². The highest BCUT2D eigenvalue weighted by molar-refractivity contribution is 5.94. The van der Waals surface area contributed by atoms with Gasteiger partial charge in [-0.2, -0.15) is 0 Å². The van der Waals surface area contributed by atoms with Crippen molar-refractivity contribution in [1.82, 2.24) is 0 Å². The first-order chi connectivity index (χ1) is 19.1. The van der Waals surface area contributed by atoms with Crippen LogP contribution in [-0.2, 0) is 12.0 Å². The Labute approximate surface area is 240 Å². The van der Waals surface area contributed by atoms with Crippen molar-refractivity contribution in [2.45, 2.75) is 58.7 Å². The van der Waals surface area contributed by atoms with E-state index in [4.69, 9.17) is 0 Å². The van der Waals surface area contributed by atoms with E-state index in [1.165, 1.54) is 49.7 Å². The molecule has 5 aromatic carbocycles. The van der Waals surface area contributed by atoms with Crippen LogP contribution in [0.2, 0.25) is 0 Å². The highest BCUT2D eigenvalue weighted by atomic mass is 15.2. The van der Waals surface area contributed by atoms with Crippen LogP contribution in [0.25, 0.3) is 21.5 Å². The molecule has 0 aromatic heterocycles. The molecule has 3 heteroatoms.